The van der Waals surface area contributed by atoms with Gasteiger partial charge < -0.3 is 10.6 Å². The molecule has 2 N–H and O–H groups in total. The first-order chi connectivity index (χ1) is 5.34. The van der Waals surface area contributed by atoms with Crippen LogP contribution in [0.5, 0.6) is 0 Å². The number of carbonyl (C=O) groups is 1. The minimum Gasteiger partial charge on any atom is -0.342 e. The van der Waals surface area contributed by atoms with Gasteiger partial charge in [-0.3, -0.25) is 4.79 Å². The van der Waals surface area contributed by atoms with Crippen LogP contribution in [0.1, 0.15) is 6.42 Å². The standard InChI is InChI=1S/C7H14N2OS/c8-2-5-11-6-7(10)9-3-1-4-9/h1-6,8H2. The lowest BCUT2D eigenvalue weighted by atomic mass is 10.2. The monoisotopic (exact) mass is 174 g/mol. The number of amides is 1. The second kappa shape index (κ2) is 4.62. The molecular weight excluding hydrogens is 160 g/mol. The van der Waals surface area contributed by atoms with Gasteiger partial charge in [0.15, 0.2) is 0 Å². The van der Waals surface area contributed by atoms with Crippen LogP contribution in [0.15, 0.2) is 0 Å². The highest BCUT2D eigenvalue weighted by Crippen LogP contribution is 2.09. The van der Waals surface area contributed by atoms with E-state index in [4.69, 9.17) is 5.73 Å². The molecule has 1 heterocycles. The average Bonchev–Trinajstić information content (AvgIpc) is 1.84. The number of likely N-dealkylation sites (tertiary alicyclic amines) is 1. The van der Waals surface area contributed by atoms with E-state index in [2.05, 4.69) is 0 Å². The van der Waals surface area contributed by atoms with Gasteiger partial charge in [-0.05, 0) is 6.42 Å². The molecule has 11 heavy (non-hydrogen) atoms. The van der Waals surface area contributed by atoms with Crippen LogP contribution in [-0.4, -0.2) is 41.9 Å². The zero-order chi connectivity index (χ0) is 8.10. The molecule has 1 saturated heterocycles. The van der Waals surface area contributed by atoms with E-state index in [0.29, 0.717) is 12.3 Å². The van der Waals surface area contributed by atoms with Crippen LogP contribution in [-0.2, 0) is 4.79 Å². The second-order valence-corrected chi connectivity index (χ2v) is 3.68. The molecule has 0 aromatic carbocycles. The van der Waals surface area contributed by atoms with E-state index in [1.165, 1.54) is 6.42 Å². The van der Waals surface area contributed by atoms with Gasteiger partial charge >= 0.3 is 0 Å². The first-order valence-corrected chi connectivity index (χ1v) is 5.05. The minimum atomic E-state index is 0.273. The lowest BCUT2D eigenvalue weighted by Crippen LogP contribution is -2.43. The van der Waals surface area contributed by atoms with Gasteiger partial charge in [-0.1, -0.05) is 0 Å². The predicted octanol–water partition coefficient (Wildman–Crippen LogP) is -0.0894. The first-order valence-electron chi connectivity index (χ1n) is 3.90. The number of rotatable bonds is 4. The SMILES string of the molecule is NCCSCC(=O)N1CCC1. The van der Waals surface area contributed by atoms with Crippen molar-refractivity contribution in [2.24, 2.45) is 5.73 Å². The van der Waals surface area contributed by atoms with Crippen LogP contribution in [0.4, 0.5) is 0 Å². The van der Waals surface area contributed by atoms with Gasteiger partial charge in [0.25, 0.3) is 0 Å². The molecule has 0 saturated carbocycles. The Labute approximate surface area is 71.3 Å². The van der Waals surface area contributed by atoms with Gasteiger partial charge in [-0.2, -0.15) is 11.8 Å². The van der Waals surface area contributed by atoms with E-state index in [0.717, 1.165) is 18.8 Å². The van der Waals surface area contributed by atoms with Crippen molar-refractivity contribution < 1.29 is 4.79 Å². The molecule has 0 radical (unpaired) electrons. The summed E-state index contributed by atoms with van der Waals surface area (Å²) < 4.78 is 0. The van der Waals surface area contributed by atoms with Gasteiger partial charge in [-0.15, -0.1) is 0 Å². The average molecular weight is 174 g/mol. The third kappa shape index (κ3) is 2.71. The van der Waals surface area contributed by atoms with Crippen molar-refractivity contribution in [3.05, 3.63) is 0 Å². The molecule has 0 aromatic rings. The quantitative estimate of drug-likeness (QED) is 0.606. The van der Waals surface area contributed by atoms with Crippen LogP contribution in [0, 0.1) is 0 Å². The Morgan fingerprint density at radius 1 is 1.55 bits per heavy atom. The maximum Gasteiger partial charge on any atom is 0.232 e. The number of nitrogens with zero attached hydrogens (tertiary/aromatic N) is 1. The van der Waals surface area contributed by atoms with Crippen molar-refractivity contribution in [3.8, 4) is 0 Å². The van der Waals surface area contributed by atoms with Crippen LogP contribution in [0.2, 0.25) is 0 Å². The second-order valence-electron chi connectivity index (χ2n) is 2.58. The van der Waals surface area contributed by atoms with E-state index < -0.39 is 0 Å². The third-order valence-corrected chi connectivity index (χ3v) is 2.67. The topological polar surface area (TPSA) is 46.3 Å². The molecular formula is C7H14N2OS. The predicted molar refractivity (Wildman–Crippen MR) is 47.6 cm³/mol. The Bertz CT molecular complexity index is 136. The summed E-state index contributed by atoms with van der Waals surface area (Å²) in [4.78, 5) is 13.1. The molecule has 1 aliphatic rings. The molecule has 1 fully saturated rings. The molecule has 64 valence electrons. The van der Waals surface area contributed by atoms with Crippen LogP contribution < -0.4 is 5.73 Å². The maximum absolute atomic E-state index is 11.2. The Hall–Kier alpha value is -0.220. The summed E-state index contributed by atoms with van der Waals surface area (Å²) in [7, 11) is 0. The Balaban J connectivity index is 2.01. The maximum atomic E-state index is 11.2. The number of hydrogen-bond acceptors (Lipinski definition) is 3. The lowest BCUT2D eigenvalue weighted by Gasteiger charge is -2.30. The highest BCUT2D eigenvalue weighted by molar-refractivity contribution is 7.99. The van der Waals surface area contributed by atoms with Crippen LogP contribution >= 0.6 is 11.8 Å². The van der Waals surface area contributed by atoms with Gasteiger partial charge in [0.1, 0.15) is 0 Å². The molecule has 1 aliphatic heterocycles. The molecule has 0 aliphatic carbocycles. The minimum absolute atomic E-state index is 0.273. The molecule has 0 spiro atoms. The van der Waals surface area contributed by atoms with E-state index in [1.807, 2.05) is 4.90 Å². The van der Waals surface area contributed by atoms with Crippen LogP contribution in [0.25, 0.3) is 0 Å². The summed E-state index contributed by atoms with van der Waals surface area (Å²) in [5, 5.41) is 0. The third-order valence-electron chi connectivity index (χ3n) is 1.70. The van der Waals surface area contributed by atoms with E-state index in [1.54, 1.807) is 11.8 Å². The van der Waals surface area contributed by atoms with Crippen molar-refractivity contribution in [1.82, 2.24) is 4.90 Å². The zero-order valence-corrected chi connectivity index (χ0v) is 7.40. The Kier molecular flexibility index (Phi) is 3.72. The van der Waals surface area contributed by atoms with Gasteiger partial charge in [0.05, 0.1) is 5.75 Å². The largest absolute Gasteiger partial charge is 0.342 e. The fourth-order valence-corrected chi connectivity index (χ4v) is 1.57. The molecule has 1 rings (SSSR count). The van der Waals surface area contributed by atoms with Crippen molar-refractivity contribution in [2.75, 3.05) is 31.1 Å². The van der Waals surface area contributed by atoms with Crippen LogP contribution in [0.3, 0.4) is 0 Å². The molecule has 1 amide bonds. The Morgan fingerprint density at radius 3 is 2.73 bits per heavy atom. The highest BCUT2D eigenvalue weighted by Gasteiger charge is 2.18. The van der Waals surface area contributed by atoms with Gasteiger partial charge in [0, 0.05) is 25.4 Å². The van der Waals surface area contributed by atoms with E-state index in [-0.39, 0.29) is 5.91 Å². The molecule has 0 unspecified atom stereocenters. The number of carbonyl (C=O) groups excluding carboxylic acids is 1. The normalized spacial score (nSPS) is 16.3. The highest BCUT2D eigenvalue weighted by atomic mass is 32.2. The fraction of sp³-hybridized carbons (Fsp3) is 0.857. The summed E-state index contributed by atoms with van der Waals surface area (Å²) in [5.41, 5.74) is 5.29. The molecule has 0 bridgehead atoms. The summed E-state index contributed by atoms with van der Waals surface area (Å²) in [6, 6.07) is 0. The summed E-state index contributed by atoms with van der Waals surface area (Å²) in [5.74, 6) is 1.77. The lowest BCUT2D eigenvalue weighted by molar-refractivity contribution is -0.131. The van der Waals surface area contributed by atoms with Gasteiger partial charge in [-0.25, -0.2) is 0 Å². The molecule has 3 nitrogen and oxygen atoms in total. The smallest absolute Gasteiger partial charge is 0.232 e. The summed E-state index contributed by atoms with van der Waals surface area (Å²) in [6.07, 6.45) is 1.17. The van der Waals surface area contributed by atoms with Crippen molar-refractivity contribution >= 4 is 17.7 Å². The Morgan fingerprint density at radius 2 is 2.27 bits per heavy atom. The number of hydrogen-bond donors (Lipinski definition) is 1. The van der Waals surface area contributed by atoms with Crippen molar-refractivity contribution in [1.29, 1.82) is 0 Å². The molecule has 4 heteroatoms. The number of thioether (sulfide) groups is 1. The summed E-state index contributed by atoms with van der Waals surface area (Å²) >= 11 is 1.62. The zero-order valence-electron chi connectivity index (χ0n) is 6.58. The van der Waals surface area contributed by atoms with Crippen molar-refractivity contribution in [2.45, 2.75) is 6.42 Å². The molecule has 0 aromatic heterocycles. The summed E-state index contributed by atoms with van der Waals surface area (Å²) in [6.45, 7) is 2.59. The first kappa shape index (κ1) is 8.87. The number of nitrogens with two attached hydrogens (primary N) is 1. The van der Waals surface area contributed by atoms with Gasteiger partial charge in [0.2, 0.25) is 5.91 Å². The van der Waals surface area contributed by atoms with E-state index in [9.17, 15) is 4.79 Å². The van der Waals surface area contributed by atoms with Crippen molar-refractivity contribution in [3.63, 3.8) is 0 Å². The van der Waals surface area contributed by atoms with E-state index >= 15 is 0 Å². The molecule has 0 atom stereocenters. The fourth-order valence-electron chi connectivity index (χ4n) is 0.900.